The Kier molecular flexibility index (Phi) is 4.23. The molecule has 2 N–H and O–H groups in total. The van der Waals surface area contributed by atoms with Crippen molar-refractivity contribution < 1.29 is 14.7 Å². The first kappa shape index (κ1) is 15.0. The number of pyridine rings is 1. The van der Waals surface area contributed by atoms with Crippen LogP contribution in [0.1, 0.15) is 32.0 Å². The molecule has 21 heavy (non-hydrogen) atoms. The van der Waals surface area contributed by atoms with E-state index in [1.165, 1.54) is 18.3 Å². The molecule has 0 saturated carbocycles. The third-order valence-corrected chi connectivity index (χ3v) is 3.34. The smallest absolute Gasteiger partial charge is 0.336 e. The van der Waals surface area contributed by atoms with E-state index in [1.54, 1.807) is 26.0 Å². The molecule has 1 amide bonds. The zero-order valence-corrected chi connectivity index (χ0v) is 12.2. The largest absolute Gasteiger partial charge is 0.478 e. The molecule has 2 rings (SSSR count). The summed E-state index contributed by atoms with van der Waals surface area (Å²) in [5.74, 6) is -1.46. The van der Waals surface area contributed by atoms with E-state index in [0.29, 0.717) is 16.3 Å². The van der Waals surface area contributed by atoms with Crippen LogP contribution >= 0.6 is 11.6 Å². The normalized spacial score (nSPS) is 10.2. The molecular formula is C15H13ClN2O3. The minimum atomic E-state index is -1.03. The molecule has 0 aliphatic heterocycles. The van der Waals surface area contributed by atoms with E-state index < -0.39 is 11.9 Å². The number of nitrogens with zero attached hydrogens (tertiary/aromatic N) is 1. The molecule has 0 aliphatic carbocycles. The molecule has 0 fully saturated rings. The summed E-state index contributed by atoms with van der Waals surface area (Å²) < 4.78 is 0. The quantitative estimate of drug-likeness (QED) is 0.912. The summed E-state index contributed by atoms with van der Waals surface area (Å²) in [4.78, 5) is 27.1. The van der Waals surface area contributed by atoms with Crippen LogP contribution < -0.4 is 5.32 Å². The second-order valence-corrected chi connectivity index (χ2v) is 5.02. The number of hydrogen-bond donors (Lipinski definition) is 2. The molecule has 0 spiro atoms. The van der Waals surface area contributed by atoms with Crippen molar-refractivity contribution in [2.24, 2.45) is 0 Å². The fourth-order valence-corrected chi connectivity index (χ4v) is 1.97. The number of aryl methyl sites for hydroxylation is 1. The SMILES string of the molecule is Cc1cc(NC(=O)c2ccc(Cl)cn2)cc(C(=O)O)c1C. The van der Waals surface area contributed by atoms with Gasteiger partial charge in [-0.15, -0.1) is 0 Å². The first-order valence-electron chi connectivity index (χ1n) is 6.16. The van der Waals surface area contributed by atoms with E-state index in [2.05, 4.69) is 10.3 Å². The number of carbonyl (C=O) groups is 2. The number of carbonyl (C=O) groups excluding carboxylic acids is 1. The Bertz CT molecular complexity index is 712. The summed E-state index contributed by atoms with van der Waals surface area (Å²) in [5.41, 5.74) is 2.24. The molecule has 0 radical (unpaired) electrons. The van der Waals surface area contributed by atoms with Crippen LogP contribution in [0.2, 0.25) is 5.02 Å². The summed E-state index contributed by atoms with van der Waals surface area (Å²) in [7, 11) is 0. The second kappa shape index (κ2) is 5.93. The highest BCUT2D eigenvalue weighted by Gasteiger charge is 2.13. The molecule has 0 bridgehead atoms. The van der Waals surface area contributed by atoms with Crippen molar-refractivity contribution in [3.05, 3.63) is 57.9 Å². The lowest BCUT2D eigenvalue weighted by Crippen LogP contribution is -2.14. The maximum atomic E-state index is 12.0. The minimum Gasteiger partial charge on any atom is -0.478 e. The monoisotopic (exact) mass is 304 g/mol. The zero-order chi connectivity index (χ0) is 15.6. The van der Waals surface area contributed by atoms with Gasteiger partial charge in [-0.25, -0.2) is 9.78 Å². The van der Waals surface area contributed by atoms with Crippen molar-refractivity contribution in [1.29, 1.82) is 0 Å². The van der Waals surface area contributed by atoms with E-state index in [1.807, 2.05) is 0 Å². The Morgan fingerprint density at radius 2 is 1.95 bits per heavy atom. The van der Waals surface area contributed by atoms with Gasteiger partial charge < -0.3 is 10.4 Å². The number of nitrogens with one attached hydrogen (secondary N) is 1. The van der Waals surface area contributed by atoms with Gasteiger partial charge in [0.05, 0.1) is 10.6 Å². The number of halogens is 1. The molecule has 5 nitrogen and oxygen atoms in total. The number of aromatic nitrogens is 1. The van der Waals surface area contributed by atoms with Crippen molar-refractivity contribution in [3.63, 3.8) is 0 Å². The maximum absolute atomic E-state index is 12.0. The van der Waals surface area contributed by atoms with Crippen LogP contribution in [0.15, 0.2) is 30.5 Å². The predicted molar refractivity (Wildman–Crippen MR) is 80.1 cm³/mol. The average Bonchev–Trinajstić information content (AvgIpc) is 2.43. The topological polar surface area (TPSA) is 79.3 Å². The average molecular weight is 305 g/mol. The van der Waals surface area contributed by atoms with Crippen molar-refractivity contribution >= 4 is 29.2 Å². The first-order chi connectivity index (χ1) is 9.88. The molecule has 0 saturated heterocycles. The van der Waals surface area contributed by atoms with Gasteiger partial charge in [0, 0.05) is 11.9 Å². The lowest BCUT2D eigenvalue weighted by molar-refractivity contribution is 0.0695. The molecule has 108 valence electrons. The summed E-state index contributed by atoms with van der Waals surface area (Å²) in [5, 5.41) is 12.2. The summed E-state index contributed by atoms with van der Waals surface area (Å²) >= 11 is 5.71. The third-order valence-electron chi connectivity index (χ3n) is 3.12. The van der Waals surface area contributed by atoms with E-state index in [4.69, 9.17) is 16.7 Å². The third kappa shape index (κ3) is 3.38. The molecule has 1 aromatic carbocycles. The standard InChI is InChI=1S/C15H13ClN2O3/c1-8-5-11(6-12(9(8)2)15(20)21)18-14(19)13-4-3-10(16)7-17-13/h3-7H,1-2H3,(H,18,19)(H,20,21). The highest BCUT2D eigenvalue weighted by atomic mass is 35.5. The summed E-state index contributed by atoms with van der Waals surface area (Å²) in [6, 6.07) is 6.21. The molecule has 0 unspecified atom stereocenters. The van der Waals surface area contributed by atoms with Crippen LogP contribution in [0.5, 0.6) is 0 Å². The van der Waals surface area contributed by atoms with Crippen LogP contribution in [0.25, 0.3) is 0 Å². The molecule has 6 heteroatoms. The molecule has 2 aromatic rings. The lowest BCUT2D eigenvalue weighted by atomic mass is 10.0. The van der Waals surface area contributed by atoms with Gasteiger partial charge in [0.15, 0.2) is 0 Å². The fraction of sp³-hybridized carbons (Fsp3) is 0.133. The first-order valence-corrected chi connectivity index (χ1v) is 6.53. The Balaban J connectivity index is 2.29. The van der Waals surface area contributed by atoms with Crippen molar-refractivity contribution in [1.82, 2.24) is 4.98 Å². The minimum absolute atomic E-state index is 0.161. The molecule has 0 aliphatic rings. The van der Waals surface area contributed by atoms with E-state index in [0.717, 1.165) is 5.56 Å². The molecule has 0 atom stereocenters. The summed E-state index contributed by atoms with van der Waals surface area (Å²) in [6.45, 7) is 3.52. The number of carboxylic acid groups (broad SMARTS) is 1. The van der Waals surface area contributed by atoms with Gasteiger partial charge in [-0.05, 0) is 49.2 Å². The number of rotatable bonds is 3. The maximum Gasteiger partial charge on any atom is 0.336 e. The van der Waals surface area contributed by atoms with E-state index in [9.17, 15) is 9.59 Å². The van der Waals surface area contributed by atoms with E-state index in [-0.39, 0.29) is 11.3 Å². The number of amides is 1. The molecule has 1 heterocycles. The molecule has 1 aromatic heterocycles. The fourth-order valence-electron chi connectivity index (χ4n) is 1.86. The van der Waals surface area contributed by atoms with Gasteiger partial charge in [0.1, 0.15) is 5.69 Å². The van der Waals surface area contributed by atoms with Crippen molar-refractivity contribution in [2.75, 3.05) is 5.32 Å². The summed E-state index contributed by atoms with van der Waals surface area (Å²) in [6.07, 6.45) is 1.37. The van der Waals surface area contributed by atoms with Gasteiger partial charge in [-0.3, -0.25) is 4.79 Å². The highest BCUT2D eigenvalue weighted by molar-refractivity contribution is 6.30. The van der Waals surface area contributed by atoms with Crippen molar-refractivity contribution in [2.45, 2.75) is 13.8 Å². The van der Waals surface area contributed by atoms with Gasteiger partial charge in [-0.2, -0.15) is 0 Å². The zero-order valence-electron chi connectivity index (χ0n) is 11.5. The van der Waals surface area contributed by atoms with Crippen LogP contribution in [-0.4, -0.2) is 22.0 Å². The van der Waals surface area contributed by atoms with Gasteiger partial charge in [0.25, 0.3) is 5.91 Å². The van der Waals surface area contributed by atoms with Crippen LogP contribution in [-0.2, 0) is 0 Å². The second-order valence-electron chi connectivity index (χ2n) is 4.59. The lowest BCUT2D eigenvalue weighted by Gasteiger charge is -2.10. The molecular weight excluding hydrogens is 292 g/mol. The van der Waals surface area contributed by atoms with Crippen molar-refractivity contribution in [3.8, 4) is 0 Å². The number of hydrogen-bond acceptors (Lipinski definition) is 3. The van der Waals surface area contributed by atoms with E-state index >= 15 is 0 Å². The number of anilines is 1. The van der Waals surface area contributed by atoms with Gasteiger partial charge in [-0.1, -0.05) is 11.6 Å². The Labute approximate surface area is 126 Å². The van der Waals surface area contributed by atoms with Gasteiger partial charge >= 0.3 is 5.97 Å². The highest BCUT2D eigenvalue weighted by Crippen LogP contribution is 2.20. The predicted octanol–water partition coefficient (Wildman–Crippen LogP) is 3.30. The number of aromatic carboxylic acids is 1. The van der Waals surface area contributed by atoms with Crippen LogP contribution in [0.3, 0.4) is 0 Å². The van der Waals surface area contributed by atoms with Crippen LogP contribution in [0, 0.1) is 13.8 Å². The Morgan fingerprint density at radius 3 is 2.52 bits per heavy atom. The Morgan fingerprint density at radius 1 is 1.24 bits per heavy atom. The Hall–Kier alpha value is -2.40. The van der Waals surface area contributed by atoms with Gasteiger partial charge in [0.2, 0.25) is 0 Å². The number of benzene rings is 1. The number of carboxylic acids is 1. The van der Waals surface area contributed by atoms with Crippen LogP contribution in [0.4, 0.5) is 5.69 Å².